The molecule has 0 saturated carbocycles. The van der Waals surface area contributed by atoms with E-state index in [9.17, 15) is 9.59 Å². The normalized spacial score (nSPS) is 11.7. The zero-order valence-corrected chi connectivity index (χ0v) is 15.9. The van der Waals surface area contributed by atoms with Gasteiger partial charge in [0.05, 0.1) is 16.9 Å². The molecule has 3 amide bonds. The molecule has 0 aliphatic rings. The van der Waals surface area contributed by atoms with E-state index >= 15 is 0 Å². The molecule has 0 fully saturated rings. The van der Waals surface area contributed by atoms with Crippen LogP contribution >= 0.6 is 0 Å². The molecule has 3 N–H and O–H groups in total. The number of carbonyl (C=O) groups is 2. The predicted molar refractivity (Wildman–Crippen MR) is 105 cm³/mol. The lowest BCUT2D eigenvalue weighted by Crippen LogP contribution is -2.31. The SMILES string of the molecule is C[C@@H](NC(=O)Nc1cc2[nH]nc(OCC(=O)N(C)C)c2cn1)c1ccccc1. The molecule has 3 rings (SSSR count). The fraction of sp³-hybridized carbons (Fsp3) is 0.263. The Morgan fingerprint density at radius 2 is 2.00 bits per heavy atom. The van der Waals surface area contributed by atoms with Gasteiger partial charge in [0.15, 0.2) is 6.61 Å². The fourth-order valence-electron chi connectivity index (χ4n) is 2.50. The van der Waals surface area contributed by atoms with Crippen LogP contribution in [-0.4, -0.2) is 52.7 Å². The quantitative estimate of drug-likeness (QED) is 0.606. The number of rotatable bonds is 6. The summed E-state index contributed by atoms with van der Waals surface area (Å²) in [4.78, 5) is 29.5. The summed E-state index contributed by atoms with van der Waals surface area (Å²) in [7, 11) is 3.30. The van der Waals surface area contributed by atoms with E-state index in [1.54, 1.807) is 20.2 Å². The maximum absolute atomic E-state index is 12.2. The van der Waals surface area contributed by atoms with Gasteiger partial charge in [-0.1, -0.05) is 30.3 Å². The first-order valence-electron chi connectivity index (χ1n) is 8.73. The van der Waals surface area contributed by atoms with Crippen LogP contribution in [0.25, 0.3) is 10.9 Å². The first-order chi connectivity index (χ1) is 13.4. The van der Waals surface area contributed by atoms with Crippen molar-refractivity contribution in [1.29, 1.82) is 0 Å². The minimum absolute atomic E-state index is 0.118. The fourth-order valence-corrected chi connectivity index (χ4v) is 2.50. The van der Waals surface area contributed by atoms with E-state index in [4.69, 9.17) is 4.74 Å². The largest absolute Gasteiger partial charge is 0.466 e. The second-order valence-corrected chi connectivity index (χ2v) is 6.45. The van der Waals surface area contributed by atoms with Crippen LogP contribution in [-0.2, 0) is 4.79 Å². The van der Waals surface area contributed by atoms with Crippen LogP contribution in [0, 0.1) is 0 Å². The predicted octanol–water partition coefficient (Wildman–Crippen LogP) is 2.31. The average Bonchev–Trinajstić information content (AvgIpc) is 3.08. The van der Waals surface area contributed by atoms with Crippen molar-refractivity contribution in [2.45, 2.75) is 13.0 Å². The number of nitrogens with one attached hydrogen (secondary N) is 3. The molecule has 0 bridgehead atoms. The number of H-pyrrole nitrogens is 1. The molecule has 9 nitrogen and oxygen atoms in total. The number of amides is 3. The smallest absolute Gasteiger partial charge is 0.320 e. The summed E-state index contributed by atoms with van der Waals surface area (Å²) < 4.78 is 5.43. The molecule has 0 aliphatic heterocycles. The lowest BCUT2D eigenvalue weighted by molar-refractivity contribution is -0.130. The molecule has 3 aromatic rings. The van der Waals surface area contributed by atoms with Crippen LogP contribution in [0.2, 0.25) is 0 Å². The number of likely N-dealkylation sites (N-methyl/N-ethyl adjacent to an activating group) is 1. The number of pyridine rings is 1. The number of hydrogen-bond donors (Lipinski definition) is 3. The third-order valence-corrected chi connectivity index (χ3v) is 4.13. The molecule has 1 atom stereocenters. The molecule has 0 spiro atoms. The molecular formula is C19H22N6O3. The van der Waals surface area contributed by atoms with Gasteiger partial charge in [-0.25, -0.2) is 9.78 Å². The van der Waals surface area contributed by atoms with Gasteiger partial charge in [-0.2, -0.15) is 0 Å². The molecule has 146 valence electrons. The summed E-state index contributed by atoms with van der Waals surface area (Å²) in [5, 5.41) is 13.0. The molecular weight excluding hydrogens is 360 g/mol. The van der Waals surface area contributed by atoms with Crippen LogP contribution in [0.3, 0.4) is 0 Å². The van der Waals surface area contributed by atoms with Gasteiger partial charge < -0.3 is 15.0 Å². The maximum Gasteiger partial charge on any atom is 0.320 e. The number of aromatic nitrogens is 3. The Balaban J connectivity index is 1.63. The highest BCUT2D eigenvalue weighted by atomic mass is 16.5. The lowest BCUT2D eigenvalue weighted by atomic mass is 10.1. The zero-order chi connectivity index (χ0) is 20.1. The summed E-state index contributed by atoms with van der Waals surface area (Å²) in [6.45, 7) is 1.78. The molecule has 0 radical (unpaired) electrons. The van der Waals surface area contributed by atoms with E-state index in [1.165, 1.54) is 11.1 Å². The minimum Gasteiger partial charge on any atom is -0.466 e. The van der Waals surface area contributed by atoms with Gasteiger partial charge in [-0.05, 0) is 12.5 Å². The van der Waals surface area contributed by atoms with E-state index in [2.05, 4.69) is 25.8 Å². The van der Waals surface area contributed by atoms with Crippen LogP contribution < -0.4 is 15.4 Å². The van der Waals surface area contributed by atoms with Crippen LogP contribution in [0.15, 0.2) is 42.6 Å². The highest BCUT2D eigenvalue weighted by Gasteiger charge is 2.13. The van der Waals surface area contributed by atoms with E-state index in [0.29, 0.717) is 16.7 Å². The highest BCUT2D eigenvalue weighted by Crippen LogP contribution is 2.23. The Morgan fingerprint density at radius 3 is 2.71 bits per heavy atom. The van der Waals surface area contributed by atoms with Crippen molar-refractivity contribution in [3.05, 3.63) is 48.2 Å². The van der Waals surface area contributed by atoms with Gasteiger partial charge in [0.2, 0.25) is 5.88 Å². The van der Waals surface area contributed by atoms with E-state index in [-0.39, 0.29) is 30.5 Å². The molecule has 2 heterocycles. The molecule has 28 heavy (non-hydrogen) atoms. The third kappa shape index (κ3) is 4.56. The summed E-state index contributed by atoms with van der Waals surface area (Å²) >= 11 is 0. The Labute approximate surface area is 162 Å². The summed E-state index contributed by atoms with van der Waals surface area (Å²) in [6.07, 6.45) is 1.53. The number of aromatic amines is 1. The van der Waals surface area contributed by atoms with Gasteiger partial charge in [0.1, 0.15) is 5.82 Å². The van der Waals surface area contributed by atoms with Crippen LogP contribution in [0.1, 0.15) is 18.5 Å². The van der Waals surface area contributed by atoms with Crippen LogP contribution in [0.5, 0.6) is 5.88 Å². The zero-order valence-electron chi connectivity index (χ0n) is 15.9. The first kappa shape index (κ1) is 19.2. The Morgan fingerprint density at radius 1 is 1.25 bits per heavy atom. The molecule has 2 aromatic heterocycles. The van der Waals surface area contributed by atoms with Crippen molar-refractivity contribution >= 4 is 28.7 Å². The van der Waals surface area contributed by atoms with Gasteiger partial charge in [-0.3, -0.25) is 15.2 Å². The number of benzene rings is 1. The lowest BCUT2D eigenvalue weighted by Gasteiger charge is -2.14. The van der Waals surface area contributed by atoms with Crippen LogP contribution in [0.4, 0.5) is 10.6 Å². The molecule has 9 heteroatoms. The van der Waals surface area contributed by atoms with Crippen molar-refractivity contribution in [3.63, 3.8) is 0 Å². The van der Waals surface area contributed by atoms with Gasteiger partial charge in [0, 0.05) is 26.4 Å². The number of nitrogens with zero attached hydrogens (tertiary/aromatic N) is 3. The van der Waals surface area contributed by atoms with Gasteiger partial charge >= 0.3 is 6.03 Å². The van der Waals surface area contributed by atoms with Crippen molar-refractivity contribution in [3.8, 4) is 5.88 Å². The van der Waals surface area contributed by atoms with Crippen molar-refractivity contribution in [2.24, 2.45) is 0 Å². The monoisotopic (exact) mass is 382 g/mol. The van der Waals surface area contributed by atoms with Gasteiger partial charge in [-0.15, -0.1) is 5.10 Å². The Bertz CT molecular complexity index is 970. The van der Waals surface area contributed by atoms with Crippen molar-refractivity contribution < 1.29 is 14.3 Å². The number of urea groups is 1. The maximum atomic E-state index is 12.2. The van der Waals surface area contributed by atoms with Crippen molar-refractivity contribution in [1.82, 2.24) is 25.4 Å². The first-order valence-corrected chi connectivity index (χ1v) is 8.73. The molecule has 1 aromatic carbocycles. The van der Waals surface area contributed by atoms with E-state index < -0.39 is 0 Å². The minimum atomic E-state index is -0.365. The van der Waals surface area contributed by atoms with E-state index in [0.717, 1.165) is 5.56 Å². The number of hydrogen-bond acceptors (Lipinski definition) is 5. The standard InChI is InChI=1S/C19H22N6O3/c1-12(13-7-5-4-6-8-13)21-19(27)22-16-9-15-14(10-20-16)18(24-23-15)28-11-17(26)25(2)3/h4-10,12H,11H2,1-3H3,(H,23,24)(H2,20,21,22,27)/t12-/m1/s1. The number of carbonyl (C=O) groups excluding carboxylic acids is 2. The number of fused-ring (bicyclic) bond motifs is 1. The Hall–Kier alpha value is -3.62. The summed E-state index contributed by atoms with van der Waals surface area (Å²) in [6, 6.07) is 10.8. The molecule has 0 aliphatic carbocycles. The summed E-state index contributed by atoms with van der Waals surface area (Å²) in [5.41, 5.74) is 1.64. The number of anilines is 1. The van der Waals surface area contributed by atoms with E-state index in [1.807, 2.05) is 37.3 Å². The Kier molecular flexibility index (Phi) is 5.73. The third-order valence-electron chi connectivity index (χ3n) is 4.13. The highest BCUT2D eigenvalue weighted by molar-refractivity contribution is 5.92. The average molecular weight is 382 g/mol. The van der Waals surface area contributed by atoms with Gasteiger partial charge in [0.25, 0.3) is 5.91 Å². The van der Waals surface area contributed by atoms with Crippen molar-refractivity contribution in [2.75, 3.05) is 26.0 Å². The topological polar surface area (TPSA) is 112 Å². The second kappa shape index (κ2) is 8.38. The molecule has 0 saturated heterocycles. The second-order valence-electron chi connectivity index (χ2n) is 6.45. The molecule has 0 unspecified atom stereocenters. The number of ether oxygens (including phenoxy) is 1. The summed E-state index contributed by atoms with van der Waals surface area (Å²) in [5.74, 6) is 0.475.